The Morgan fingerprint density at radius 3 is 2.54 bits per heavy atom. The molecule has 0 spiro atoms. The molecule has 1 N–H and O–H groups in total. The van der Waals surface area contributed by atoms with Crippen LogP contribution in [0.3, 0.4) is 0 Å². The fraction of sp³-hybridized carbons (Fsp3) is 0.750. The zero-order chi connectivity index (χ0) is 10.0. The Kier molecular flexibility index (Phi) is 2.87. The first-order valence-corrected chi connectivity index (χ1v) is 4.15. The summed E-state index contributed by atoms with van der Waals surface area (Å²) in [5.41, 5.74) is 0. The Morgan fingerprint density at radius 1 is 1.54 bits per heavy atom. The lowest BCUT2D eigenvalue weighted by Gasteiger charge is -2.08. The molecule has 1 saturated heterocycles. The molecule has 0 amide bonds. The van der Waals surface area contributed by atoms with Crippen LogP contribution in [0.4, 0.5) is 0 Å². The van der Waals surface area contributed by atoms with Crippen LogP contribution in [0.1, 0.15) is 20.3 Å². The van der Waals surface area contributed by atoms with Crippen LogP contribution in [-0.4, -0.2) is 35.4 Å². The van der Waals surface area contributed by atoms with Crippen molar-refractivity contribution in [3.63, 3.8) is 0 Å². The van der Waals surface area contributed by atoms with Gasteiger partial charge < -0.3 is 14.6 Å². The normalized spacial score (nSPS) is 27.8. The minimum atomic E-state index is -1.12. The third-order valence-electron chi connectivity index (χ3n) is 1.86. The van der Waals surface area contributed by atoms with E-state index in [0.29, 0.717) is 6.42 Å². The molecule has 0 saturated carbocycles. The molecule has 1 heterocycles. The third kappa shape index (κ3) is 2.42. The van der Waals surface area contributed by atoms with E-state index in [2.05, 4.69) is 4.74 Å². The van der Waals surface area contributed by atoms with Crippen LogP contribution in [0.2, 0.25) is 0 Å². The highest BCUT2D eigenvalue weighted by Crippen LogP contribution is 2.24. The van der Waals surface area contributed by atoms with Crippen molar-refractivity contribution in [3.05, 3.63) is 0 Å². The van der Waals surface area contributed by atoms with E-state index in [1.165, 1.54) is 0 Å². The van der Waals surface area contributed by atoms with Crippen LogP contribution in [0.15, 0.2) is 0 Å². The number of rotatable bonds is 4. The van der Waals surface area contributed by atoms with E-state index < -0.39 is 24.1 Å². The minimum Gasteiger partial charge on any atom is -0.479 e. The van der Waals surface area contributed by atoms with Crippen molar-refractivity contribution in [2.45, 2.75) is 38.6 Å². The van der Waals surface area contributed by atoms with Gasteiger partial charge in [-0.25, -0.2) is 9.59 Å². The van der Waals surface area contributed by atoms with E-state index in [1.807, 2.05) is 6.92 Å². The van der Waals surface area contributed by atoms with Gasteiger partial charge in [0.25, 0.3) is 0 Å². The number of carboxylic acid groups (broad SMARTS) is 1. The van der Waals surface area contributed by atoms with Crippen molar-refractivity contribution in [2.75, 3.05) is 0 Å². The minimum absolute atomic E-state index is 0.189. The van der Waals surface area contributed by atoms with Gasteiger partial charge in [-0.05, 0) is 13.3 Å². The van der Waals surface area contributed by atoms with Crippen molar-refractivity contribution in [1.82, 2.24) is 0 Å². The maximum Gasteiger partial charge on any atom is 0.338 e. The molecule has 0 aromatic heterocycles. The highest BCUT2D eigenvalue weighted by molar-refractivity contribution is 5.89. The molecule has 0 aromatic rings. The first-order chi connectivity index (χ1) is 6.06. The molecule has 1 rings (SSSR count). The maximum absolute atomic E-state index is 11.1. The predicted molar refractivity (Wildman–Crippen MR) is 42.1 cm³/mol. The second kappa shape index (κ2) is 3.74. The summed E-state index contributed by atoms with van der Waals surface area (Å²) < 4.78 is 9.49. The topological polar surface area (TPSA) is 76.1 Å². The predicted octanol–water partition coefficient (Wildman–Crippen LogP) is 0.180. The zero-order valence-corrected chi connectivity index (χ0v) is 7.52. The van der Waals surface area contributed by atoms with Gasteiger partial charge in [-0.2, -0.15) is 0 Å². The summed E-state index contributed by atoms with van der Waals surface area (Å²) in [6.45, 7) is 3.62. The Hall–Kier alpha value is -1.10. The fourth-order valence-corrected chi connectivity index (χ4v) is 0.828. The maximum atomic E-state index is 11.1. The zero-order valence-electron chi connectivity index (χ0n) is 7.52. The van der Waals surface area contributed by atoms with Crippen molar-refractivity contribution < 1.29 is 24.2 Å². The molecule has 5 nitrogen and oxygen atoms in total. The summed E-state index contributed by atoms with van der Waals surface area (Å²) in [6, 6.07) is 0. The molecule has 13 heavy (non-hydrogen) atoms. The van der Waals surface area contributed by atoms with Crippen LogP contribution >= 0.6 is 0 Å². The van der Waals surface area contributed by atoms with Crippen LogP contribution in [-0.2, 0) is 19.1 Å². The lowest BCUT2D eigenvalue weighted by Crippen LogP contribution is -2.22. The smallest absolute Gasteiger partial charge is 0.338 e. The molecule has 3 atom stereocenters. The van der Waals surface area contributed by atoms with E-state index in [0.717, 1.165) is 0 Å². The van der Waals surface area contributed by atoms with Crippen molar-refractivity contribution in [1.29, 1.82) is 0 Å². The average molecular weight is 188 g/mol. The molecule has 5 heteroatoms. The number of carbonyl (C=O) groups excluding carboxylic acids is 1. The number of carboxylic acids is 1. The number of ether oxygens (including phenoxy) is 2. The summed E-state index contributed by atoms with van der Waals surface area (Å²) in [5, 5.41) is 8.43. The van der Waals surface area contributed by atoms with Crippen LogP contribution in [0.5, 0.6) is 0 Å². The summed E-state index contributed by atoms with van der Waals surface area (Å²) >= 11 is 0. The SMILES string of the molecule is CCC(C)OC(=O)C1OC1C(=O)O. The molecule has 0 aliphatic carbocycles. The summed E-state index contributed by atoms with van der Waals surface area (Å²) in [5.74, 6) is -1.70. The largest absolute Gasteiger partial charge is 0.479 e. The number of hydrogen-bond donors (Lipinski definition) is 1. The van der Waals surface area contributed by atoms with Gasteiger partial charge in [0, 0.05) is 0 Å². The van der Waals surface area contributed by atoms with Crippen LogP contribution < -0.4 is 0 Å². The van der Waals surface area contributed by atoms with E-state index >= 15 is 0 Å². The quantitative estimate of drug-likeness (QED) is 0.503. The third-order valence-corrected chi connectivity index (χ3v) is 1.86. The number of esters is 1. The molecule has 0 radical (unpaired) electrons. The standard InChI is InChI=1S/C8H12O5/c1-3-4(2)12-8(11)6-5(13-6)7(9)10/h4-6H,3H2,1-2H3,(H,9,10). The van der Waals surface area contributed by atoms with Crippen molar-refractivity contribution in [3.8, 4) is 0 Å². The Bertz CT molecular complexity index is 225. The number of aliphatic carboxylic acids is 1. The molecule has 74 valence electrons. The molecule has 1 aliphatic heterocycles. The highest BCUT2D eigenvalue weighted by atomic mass is 16.7. The Balaban J connectivity index is 2.31. The summed E-state index contributed by atoms with van der Waals surface area (Å²) in [4.78, 5) is 21.4. The molecule has 0 aromatic carbocycles. The molecule has 3 unspecified atom stereocenters. The highest BCUT2D eigenvalue weighted by Gasteiger charge is 2.52. The molecular formula is C8H12O5. The molecule has 1 fully saturated rings. The second-order valence-electron chi connectivity index (χ2n) is 2.97. The van der Waals surface area contributed by atoms with E-state index in [9.17, 15) is 9.59 Å². The van der Waals surface area contributed by atoms with Gasteiger partial charge in [-0.3, -0.25) is 0 Å². The molecule has 1 aliphatic rings. The van der Waals surface area contributed by atoms with E-state index in [4.69, 9.17) is 9.84 Å². The molecular weight excluding hydrogens is 176 g/mol. The van der Waals surface area contributed by atoms with Gasteiger partial charge in [-0.1, -0.05) is 6.92 Å². The van der Waals surface area contributed by atoms with Gasteiger partial charge in [0.15, 0.2) is 12.2 Å². The van der Waals surface area contributed by atoms with Crippen LogP contribution in [0.25, 0.3) is 0 Å². The lowest BCUT2D eigenvalue weighted by molar-refractivity contribution is -0.150. The number of epoxide rings is 1. The second-order valence-corrected chi connectivity index (χ2v) is 2.97. The van der Waals surface area contributed by atoms with Gasteiger partial charge in [-0.15, -0.1) is 0 Å². The van der Waals surface area contributed by atoms with Gasteiger partial charge >= 0.3 is 11.9 Å². The van der Waals surface area contributed by atoms with Gasteiger partial charge in [0.1, 0.15) is 0 Å². The number of carbonyl (C=O) groups is 2. The van der Waals surface area contributed by atoms with Gasteiger partial charge in [0.05, 0.1) is 6.10 Å². The monoisotopic (exact) mass is 188 g/mol. The van der Waals surface area contributed by atoms with E-state index in [-0.39, 0.29) is 6.10 Å². The Labute approximate surface area is 75.6 Å². The van der Waals surface area contributed by atoms with Crippen molar-refractivity contribution >= 4 is 11.9 Å². The lowest BCUT2D eigenvalue weighted by atomic mass is 10.3. The fourth-order valence-electron chi connectivity index (χ4n) is 0.828. The van der Waals surface area contributed by atoms with Crippen LogP contribution in [0, 0.1) is 0 Å². The first-order valence-electron chi connectivity index (χ1n) is 4.15. The summed E-state index contributed by atoms with van der Waals surface area (Å²) in [7, 11) is 0. The summed E-state index contributed by atoms with van der Waals surface area (Å²) in [6.07, 6.45) is -1.38. The number of hydrogen-bond acceptors (Lipinski definition) is 4. The average Bonchev–Trinajstić information content (AvgIpc) is 2.82. The van der Waals surface area contributed by atoms with E-state index in [1.54, 1.807) is 6.92 Å². The van der Waals surface area contributed by atoms with Crippen molar-refractivity contribution in [2.24, 2.45) is 0 Å². The Morgan fingerprint density at radius 2 is 2.15 bits per heavy atom. The first kappa shape index (κ1) is 9.98. The molecule has 0 bridgehead atoms. The van der Waals surface area contributed by atoms with Gasteiger partial charge in [0.2, 0.25) is 0 Å².